The molecule has 1 aromatic rings. The molecule has 0 saturated heterocycles. The lowest BCUT2D eigenvalue weighted by atomic mass is 10.2. The molecule has 0 fully saturated rings. The van der Waals surface area contributed by atoms with E-state index >= 15 is 0 Å². The Kier molecular flexibility index (Phi) is 4.03. The minimum Gasteiger partial charge on any atom is -0.482 e. The Morgan fingerprint density at radius 1 is 1.27 bits per heavy atom. The molecule has 2 nitrogen and oxygen atoms in total. The predicted molar refractivity (Wildman–Crippen MR) is 53.1 cm³/mol. The number of ether oxygens (including phenoxy) is 2. The Bertz CT molecular complexity index is 316. The molecule has 0 aliphatic rings. The lowest BCUT2D eigenvalue weighted by Crippen LogP contribution is -2.19. The van der Waals surface area contributed by atoms with Gasteiger partial charge in [-0.2, -0.15) is 0 Å². The van der Waals surface area contributed by atoms with Crippen molar-refractivity contribution in [1.82, 2.24) is 0 Å². The van der Waals surface area contributed by atoms with Gasteiger partial charge in [0.1, 0.15) is 6.10 Å². The molecule has 0 saturated carbocycles. The average Bonchev–Trinajstić information content (AvgIpc) is 2.11. The van der Waals surface area contributed by atoms with Gasteiger partial charge in [-0.3, -0.25) is 0 Å². The first-order chi connectivity index (χ1) is 7.04. The summed E-state index contributed by atoms with van der Waals surface area (Å²) in [5.74, 6) is -1.71. The van der Waals surface area contributed by atoms with Crippen molar-refractivity contribution in [2.24, 2.45) is 0 Å². The van der Waals surface area contributed by atoms with Crippen LogP contribution >= 0.6 is 0 Å². The molecule has 0 radical (unpaired) electrons. The van der Waals surface area contributed by atoms with Crippen LogP contribution in [-0.4, -0.2) is 19.8 Å². The number of hydrogen-bond acceptors (Lipinski definition) is 2. The summed E-state index contributed by atoms with van der Waals surface area (Å²) >= 11 is 0. The van der Waals surface area contributed by atoms with Crippen LogP contribution in [0.4, 0.5) is 8.78 Å². The standard InChI is InChI=1S/C11H14F2O2/c1-7-4-9(12)11(10(13)5-7)15-8(2)6-14-3/h4-5,8H,6H2,1-3H3/t8-/m1/s1. The van der Waals surface area contributed by atoms with E-state index in [1.165, 1.54) is 19.2 Å². The molecule has 0 unspecified atom stereocenters. The van der Waals surface area contributed by atoms with E-state index in [-0.39, 0.29) is 18.5 Å². The van der Waals surface area contributed by atoms with Crippen LogP contribution < -0.4 is 4.74 Å². The quantitative estimate of drug-likeness (QED) is 0.770. The van der Waals surface area contributed by atoms with Gasteiger partial charge in [0, 0.05) is 7.11 Å². The Morgan fingerprint density at radius 3 is 2.27 bits per heavy atom. The zero-order valence-electron chi connectivity index (χ0n) is 9.01. The zero-order chi connectivity index (χ0) is 11.4. The highest BCUT2D eigenvalue weighted by Gasteiger charge is 2.14. The zero-order valence-corrected chi connectivity index (χ0v) is 9.01. The second kappa shape index (κ2) is 5.07. The second-order valence-corrected chi connectivity index (χ2v) is 3.44. The van der Waals surface area contributed by atoms with Crippen molar-refractivity contribution < 1.29 is 18.3 Å². The first kappa shape index (κ1) is 11.9. The van der Waals surface area contributed by atoms with Gasteiger partial charge >= 0.3 is 0 Å². The molecule has 0 spiro atoms. The molecule has 1 aromatic carbocycles. The average molecular weight is 216 g/mol. The lowest BCUT2D eigenvalue weighted by molar-refractivity contribution is 0.0862. The third kappa shape index (κ3) is 3.16. The number of halogens is 2. The van der Waals surface area contributed by atoms with Gasteiger partial charge in [-0.05, 0) is 31.5 Å². The van der Waals surface area contributed by atoms with Crippen LogP contribution in [0, 0.1) is 18.6 Å². The minimum absolute atomic E-state index is 0.284. The lowest BCUT2D eigenvalue weighted by Gasteiger charge is -2.15. The van der Waals surface area contributed by atoms with Gasteiger partial charge in [0.05, 0.1) is 6.61 Å². The van der Waals surface area contributed by atoms with Gasteiger partial charge in [0.15, 0.2) is 17.4 Å². The largest absolute Gasteiger partial charge is 0.482 e. The summed E-state index contributed by atoms with van der Waals surface area (Å²) in [6.07, 6.45) is -0.387. The van der Waals surface area contributed by atoms with E-state index in [2.05, 4.69) is 0 Å². The molecule has 1 rings (SSSR count). The highest BCUT2D eigenvalue weighted by Crippen LogP contribution is 2.24. The third-order valence-corrected chi connectivity index (χ3v) is 1.86. The summed E-state index contributed by atoms with van der Waals surface area (Å²) in [6.45, 7) is 3.59. The maximum atomic E-state index is 13.3. The molecule has 0 heterocycles. The molecule has 0 amide bonds. The summed E-state index contributed by atoms with van der Waals surface area (Å²) in [6, 6.07) is 2.47. The van der Waals surface area contributed by atoms with E-state index in [0.29, 0.717) is 5.56 Å². The number of benzene rings is 1. The van der Waals surface area contributed by atoms with E-state index in [0.717, 1.165) is 0 Å². The first-order valence-electron chi connectivity index (χ1n) is 4.66. The fourth-order valence-electron chi connectivity index (χ4n) is 1.27. The summed E-state index contributed by atoms with van der Waals surface area (Å²) in [5, 5.41) is 0. The SMILES string of the molecule is COC[C@@H](C)Oc1c(F)cc(C)cc1F. The smallest absolute Gasteiger partial charge is 0.191 e. The van der Waals surface area contributed by atoms with Crippen molar-refractivity contribution in [2.45, 2.75) is 20.0 Å². The molecule has 0 bridgehead atoms. The Morgan fingerprint density at radius 2 is 1.80 bits per heavy atom. The number of hydrogen-bond donors (Lipinski definition) is 0. The van der Waals surface area contributed by atoms with Crippen molar-refractivity contribution in [3.05, 3.63) is 29.3 Å². The fraction of sp³-hybridized carbons (Fsp3) is 0.455. The van der Waals surface area contributed by atoms with Gasteiger partial charge in [0.2, 0.25) is 0 Å². The van der Waals surface area contributed by atoms with Crippen LogP contribution in [0.2, 0.25) is 0 Å². The van der Waals surface area contributed by atoms with Gasteiger partial charge < -0.3 is 9.47 Å². The molecular formula is C11H14F2O2. The maximum absolute atomic E-state index is 13.3. The van der Waals surface area contributed by atoms with Crippen molar-refractivity contribution in [2.75, 3.05) is 13.7 Å². The highest BCUT2D eigenvalue weighted by atomic mass is 19.1. The highest BCUT2D eigenvalue weighted by molar-refractivity contribution is 5.30. The van der Waals surface area contributed by atoms with Crippen LogP contribution in [0.1, 0.15) is 12.5 Å². The van der Waals surface area contributed by atoms with Crippen molar-refractivity contribution in [3.63, 3.8) is 0 Å². The van der Waals surface area contributed by atoms with Crippen LogP contribution in [0.3, 0.4) is 0 Å². The van der Waals surface area contributed by atoms with E-state index in [4.69, 9.17) is 9.47 Å². The predicted octanol–water partition coefficient (Wildman–Crippen LogP) is 2.69. The van der Waals surface area contributed by atoms with Crippen LogP contribution in [0.25, 0.3) is 0 Å². The second-order valence-electron chi connectivity index (χ2n) is 3.44. The molecule has 15 heavy (non-hydrogen) atoms. The Labute approximate surface area is 87.8 Å². The maximum Gasteiger partial charge on any atom is 0.191 e. The number of methoxy groups -OCH3 is 1. The van der Waals surface area contributed by atoms with Crippen molar-refractivity contribution >= 4 is 0 Å². The van der Waals surface area contributed by atoms with E-state index in [1.807, 2.05) is 0 Å². The van der Waals surface area contributed by atoms with Gasteiger partial charge in [-0.1, -0.05) is 0 Å². The molecule has 0 N–H and O–H groups in total. The molecule has 0 aromatic heterocycles. The van der Waals surface area contributed by atoms with Gasteiger partial charge in [0.25, 0.3) is 0 Å². The molecule has 1 atom stereocenters. The summed E-state index contributed by atoms with van der Waals surface area (Å²) in [7, 11) is 1.50. The van der Waals surface area contributed by atoms with Crippen LogP contribution in [0.15, 0.2) is 12.1 Å². The normalized spacial score (nSPS) is 12.6. The summed E-state index contributed by atoms with van der Waals surface area (Å²) in [5.41, 5.74) is 0.525. The van der Waals surface area contributed by atoms with Crippen LogP contribution in [0.5, 0.6) is 5.75 Å². The van der Waals surface area contributed by atoms with Crippen molar-refractivity contribution in [1.29, 1.82) is 0 Å². The van der Waals surface area contributed by atoms with E-state index in [1.54, 1.807) is 13.8 Å². The molecule has 4 heteroatoms. The van der Waals surface area contributed by atoms with Gasteiger partial charge in [-0.25, -0.2) is 8.78 Å². The molecular weight excluding hydrogens is 202 g/mol. The molecule has 0 aliphatic heterocycles. The molecule has 0 aliphatic carbocycles. The van der Waals surface area contributed by atoms with Crippen molar-refractivity contribution in [3.8, 4) is 5.75 Å². The van der Waals surface area contributed by atoms with Crippen LogP contribution in [-0.2, 0) is 4.74 Å². The topological polar surface area (TPSA) is 18.5 Å². The third-order valence-electron chi connectivity index (χ3n) is 1.86. The number of rotatable bonds is 4. The number of aryl methyl sites for hydroxylation is 1. The monoisotopic (exact) mass is 216 g/mol. The van der Waals surface area contributed by atoms with Gasteiger partial charge in [-0.15, -0.1) is 0 Å². The minimum atomic E-state index is -0.685. The Balaban J connectivity index is 2.85. The summed E-state index contributed by atoms with van der Waals surface area (Å²) < 4.78 is 36.5. The summed E-state index contributed by atoms with van der Waals surface area (Å²) in [4.78, 5) is 0. The fourth-order valence-corrected chi connectivity index (χ4v) is 1.27. The molecule has 84 valence electrons. The van der Waals surface area contributed by atoms with E-state index in [9.17, 15) is 8.78 Å². The Hall–Kier alpha value is -1.16. The van der Waals surface area contributed by atoms with E-state index < -0.39 is 11.6 Å². The first-order valence-corrected chi connectivity index (χ1v) is 4.66.